The molecular formula is C17H15ClF3NOS. The number of hydrogen-bond donors (Lipinski definition) is 1. The molecule has 0 radical (unpaired) electrons. The summed E-state index contributed by atoms with van der Waals surface area (Å²) in [4.78, 5) is 13.0. The first-order valence-electron chi connectivity index (χ1n) is 7.30. The minimum atomic E-state index is -1.57. The molecule has 2 aromatic rings. The number of benzene rings is 2. The Morgan fingerprint density at radius 1 is 1.17 bits per heavy atom. The summed E-state index contributed by atoms with van der Waals surface area (Å²) >= 11 is 7.64. The average molecular weight is 374 g/mol. The summed E-state index contributed by atoms with van der Waals surface area (Å²) < 4.78 is 39.3. The van der Waals surface area contributed by atoms with Crippen LogP contribution in [-0.4, -0.2) is 11.7 Å². The lowest BCUT2D eigenvalue weighted by Crippen LogP contribution is -2.12. The van der Waals surface area contributed by atoms with Crippen LogP contribution < -0.4 is 5.32 Å². The number of nitrogens with one attached hydrogen (secondary N) is 1. The Morgan fingerprint density at radius 3 is 2.46 bits per heavy atom. The molecule has 2 nitrogen and oxygen atoms in total. The van der Waals surface area contributed by atoms with Crippen LogP contribution >= 0.6 is 23.4 Å². The van der Waals surface area contributed by atoms with Gasteiger partial charge in [-0.1, -0.05) is 24.9 Å². The number of anilines is 1. The summed E-state index contributed by atoms with van der Waals surface area (Å²) in [5.41, 5.74) is 0.134. The lowest BCUT2D eigenvalue weighted by Gasteiger charge is -2.09. The van der Waals surface area contributed by atoms with Gasteiger partial charge < -0.3 is 5.32 Å². The predicted molar refractivity (Wildman–Crippen MR) is 91.4 cm³/mol. The predicted octanol–water partition coefficient (Wildman–Crippen LogP) is 5.90. The SMILES string of the molecule is CCCCSc1cc(C(=O)Nc2cc(F)c(F)c(F)c2)ccc1Cl. The van der Waals surface area contributed by atoms with E-state index in [0.717, 1.165) is 35.6 Å². The first-order chi connectivity index (χ1) is 11.4. The van der Waals surface area contributed by atoms with Gasteiger partial charge in [0.25, 0.3) is 5.91 Å². The molecule has 2 aromatic carbocycles. The molecule has 2 rings (SSSR count). The number of carbonyl (C=O) groups is 1. The molecule has 7 heteroatoms. The van der Waals surface area contributed by atoms with Crippen molar-refractivity contribution in [1.29, 1.82) is 0 Å². The average Bonchev–Trinajstić information content (AvgIpc) is 2.54. The molecule has 0 atom stereocenters. The molecule has 0 aliphatic rings. The number of thioether (sulfide) groups is 1. The zero-order valence-electron chi connectivity index (χ0n) is 12.8. The van der Waals surface area contributed by atoms with Crippen LogP contribution in [0.4, 0.5) is 18.9 Å². The van der Waals surface area contributed by atoms with Gasteiger partial charge in [-0.2, -0.15) is 0 Å². The first-order valence-corrected chi connectivity index (χ1v) is 8.67. The molecular weight excluding hydrogens is 359 g/mol. The van der Waals surface area contributed by atoms with Crippen LogP contribution in [0.25, 0.3) is 0 Å². The van der Waals surface area contributed by atoms with Crippen LogP contribution in [0.5, 0.6) is 0 Å². The highest BCUT2D eigenvalue weighted by molar-refractivity contribution is 7.99. The summed E-state index contributed by atoms with van der Waals surface area (Å²) in [5, 5.41) is 2.88. The number of amides is 1. The third-order valence-corrected chi connectivity index (χ3v) is 4.77. The Kier molecular flexibility index (Phi) is 6.57. The van der Waals surface area contributed by atoms with Gasteiger partial charge in [0, 0.05) is 28.3 Å². The number of halogens is 4. The van der Waals surface area contributed by atoms with Gasteiger partial charge >= 0.3 is 0 Å². The maximum Gasteiger partial charge on any atom is 0.255 e. The lowest BCUT2D eigenvalue weighted by atomic mass is 10.2. The fourth-order valence-corrected chi connectivity index (χ4v) is 3.26. The molecule has 0 heterocycles. The van der Waals surface area contributed by atoms with Crippen molar-refractivity contribution < 1.29 is 18.0 Å². The largest absolute Gasteiger partial charge is 0.322 e. The first kappa shape index (κ1) is 18.7. The fraction of sp³-hybridized carbons (Fsp3) is 0.235. The van der Waals surface area contributed by atoms with Gasteiger partial charge in [-0.15, -0.1) is 11.8 Å². The second-order valence-electron chi connectivity index (χ2n) is 5.06. The number of rotatable bonds is 6. The van der Waals surface area contributed by atoms with Gasteiger partial charge in [0.1, 0.15) is 0 Å². The highest BCUT2D eigenvalue weighted by atomic mass is 35.5. The van der Waals surface area contributed by atoms with Crippen LogP contribution in [0.1, 0.15) is 30.1 Å². The van der Waals surface area contributed by atoms with Crippen molar-refractivity contribution in [3.63, 3.8) is 0 Å². The molecule has 0 aliphatic carbocycles. The van der Waals surface area contributed by atoms with E-state index in [9.17, 15) is 18.0 Å². The van der Waals surface area contributed by atoms with Gasteiger partial charge in [-0.05, 0) is 30.4 Å². The summed E-state index contributed by atoms with van der Waals surface area (Å²) in [6, 6.07) is 6.18. The number of unbranched alkanes of at least 4 members (excludes halogenated alkanes) is 1. The molecule has 0 unspecified atom stereocenters. The maximum absolute atomic E-state index is 13.2. The summed E-state index contributed by atoms with van der Waals surface area (Å²) in [7, 11) is 0. The smallest absolute Gasteiger partial charge is 0.255 e. The minimum absolute atomic E-state index is 0.161. The van der Waals surface area contributed by atoms with Crippen molar-refractivity contribution >= 4 is 35.0 Å². The maximum atomic E-state index is 13.2. The molecule has 0 bridgehead atoms. The Hall–Kier alpha value is -1.66. The van der Waals surface area contributed by atoms with E-state index >= 15 is 0 Å². The quantitative estimate of drug-likeness (QED) is 0.388. The van der Waals surface area contributed by atoms with Crippen molar-refractivity contribution in [3.8, 4) is 0 Å². The van der Waals surface area contributed by atoms with E-state index in [1.165, 1.54) is 17.8 Å². The molecule has 0 saturated heterocycles. The lowest BCUT2D eigenvalue weighted by molar-refractivity contribution is 0.102. The summed E-state index contributed by atoms with van der Waals surface area (Å²) in [6.07, 6.45) is 2.07. The number of hydrogen-bond acceptors (Lipinski definition) is 2. The van der Waals surface area contributed by atoms with E-state index in [4.69, 9.17) is 11.6 Å². The molecule has 0 saturated carbocycles. The van der Waals surface area contributed by atoms with E-state index in [-0.39, 0.29) is 5.69 Å². The van der Waals surface area contributed by atoms with Crippen LogP contribution in [0.2, 0.25) is 5.02 Å². The highest BCUT2D eigenvalue weighted by Gasteiger charge is 2.14. The van der Waals surface area contributed by atoms with E-state index < -0.39 is 23.4 Å². The Morgan fingerprint density at radius 2 is 1.83 bits per heavy atom. The van der Waals surface area contributed by atoms with Crippen LogP contribution in [0, 0.1) is 17.5 Å². The van der Waals surface area contributed by atoms with E-state index in [0.29, 0.717) is 10.6 Å². The topological polar surface area (TPSA) is 29.1 Å². The standard InChI is InChI=1S/C17H15ClF3NOS/c1-2-3-6-24-15-7-10(4-5-12(15)18)17(23)22-11-8-13(19)16(21)14(20)9-11/h4-5,7-9H,2-3,6H2,1H3,(H,22,23). The third-order valence-electron chi connectivity index (χ3n) is 3.19. The molecule has 0 fully saturated rings. The van der Waals surface area contributed by atoms with Gasteiger partial charge in [0.2, 0.25) is 0 Å². The normalized spacial score (nSPS) is 10.7. The van der Waals surface area contributed by atoms with Crippen LogP contribution in [0.3, 0.4) is 0 Å². The Balaban J connectivity index is 2.16. The molecule has 24 heavy (non-hydrogen) atoms. The van der Waals surface area contributed by atoms with Gasteiger partial charge in [0.05, 0.1) is 5.02 Å². The van der Waals surface area contributed by atoms with Gasteiger partial charge in [0.15, 0.2) is 17.5 Å². The Labute approximate surface area is 147 Å². The van der Waals surface area contributed by atoms with Crippen LogP contribution in [-0.2, 0) is 0 Å². The summed E-state index contributed by atoms with van der Waals surface area (Å²) in [5.74, 6) is -3.99. The second-order valence-corrected chi connectivity index (χ2v) is 6.60. The summed E-state index contributed by atoms with van der Waals surface area (Å²) in [6.45, 7) is 2.08. The van der Waals surface area contributed by atoms with E-state index in [2.05, 4.69) is 12.2 Å². The monoisotopic (exact) mass is 373 g/mol. The van der Waals surface area contributed by atoms with E-state index in [1.807, 2.05) is 0 Å². The zero-order valence-corrected chi connectivity index (χ0v) is 14.4. The molecule has 0 aliphatic heterocycles. The fourth-order valence-electron chi connectivity index (χ4n) is 1.91. The number of carbonyl (C=O) groups excluding carboxylic acids is 1. The second kappa shape index (κ2) is 8.44. The molecule has 0 spiro atoms. The third kappa shape index (κ3) is 4.68. The molecule has 128 valence electrons. The van der Waals surface area contributed by atoms with Crippen molar-refractivity contribution in [2.24, 2.45) is 0 Å². The molecule has 0 aromatic heterocycles. The highest BCUT2D eigenvalue weighted by Crippen LogP contribution is 2.29. The molecule has 1 N–H and O–H groups in total. The van der Waals surface area contributed by atoms with Crippen molar-refractivity contribution in [1.82, 2.24) is 0 Å². The molecule has 1 amide bonds. The van der Waals surface area contributed by atoms with Gasteiger partial charge in [-0.25, -0.2) is 13.2 Å². The van der Waals surface area contributed by atoms with Crippen LogP contribution in [0.15, 0.2) is 35.2 Å². The minimum Gasteiger partial charge on any atom is -0.322 e. The van der Waals surface area contributed by atoms with Crippen molar-refractivity contribution in [3.05, 3.63) is 58.4 Å². The van der Waals surface area contributed by atoms with E-state index in [1.54, 1.807) is 12.1 Å². The Bertz CT molecular complexity index is 732. The van der Waals surface area contributed by atoms with Crippen molar-refractivity contribution in [2.75, 3.05) is 11.1 Å². The van der Waals surface area contributed by atoms with Gasteiger partial charge in [-0.3, -0.25) is 4.79 Å². The van der Waals surface area contributed by atoms with Crippen molar-refractivity contribution in [2.45, 2.75) is 24.7 Å². The zero-order chi connectivity index (χ0) is 17.7.